The lowest BCUT2D eigenvalue weighted by Gasteiger charge is -2.32. The minimum Gasteiger partial charge on any atom is -0.497 e. The Hall–Kier alpha value is -2.69. The molecule has 0 bridgehead atoms. The lowest BCUT2D eigenvalue weighted by atomic mass is 10.1. The van der Waals surface area contributed by atoms with Crippen molar-refractivity contribution in [1.82, 2.24) is 10.2 Å². The molecule has 0 heterocycles. The summed E-state index contributed by atoms with van der Waals surface area (Å²) in [7, 11) is -1.11. The lowest BCUT2D eigenvalue weighted by Crippen LogP contribution is -2.52. The number of carbonyl (C=O) groups excluding carboxylic acids is 2. The van der Waals surface area contributed by atoms with Crippen LogP contribution in [0.1, 0.15) is 26.3 Å². The maximum absolute atomic E-state index is 13.6. The van der Waals surface area contributed by atoms with E-state index in [2.05, 4.69) is 5.32 Å². The van der Waals surface area contributed by atoms with Gasteiger partial charge in [-0.2, -0.15) is 0 Å². The molecule has 2 rings (SSSR count). The maximum atomic E-state index is 13.6. The number of carbonyl (C=O) groups is 2. The van der Waals surface area contributed by atoms with Crippen LogP contribution in [-0.2, 0) is 26.2 Å². The Labute approximate surface area is 222 Å². The van der Waals surface area contributed by atoms with Crippen LogP contribution in [0.15, 0.2) is 36.4 Å². The summed E-state index contributed by atoms with van der Waals surface area (Å²) in [6.07, 6.45) is 0.984. The van der Waals surface area contributed by atoms with E-state index in [1.165, 1.54) is 25.2 Å². The highest BCUT2D eigenvalue weighted by molar-refractivity contribution is 7.92. The number of hydrogen-bond acceptors (Lipinski definition) is 6. The fraction of sp³-hybridized carbons (Fsp3) is 0.417. The van der Waals surface area contributed by atoms with Crippen molar-refractivity contribution in [3.8, 4) is 11.5 Å². The predicted molar refractivity (Wildman–Crippen MR) is 141 cm³/mol. The second kappa shape index (κ2) is 12.5. The van der Waals surface area contributed by atoms with Gasteiger partial charge in [0.05, 0.1) is 36.2 Å². The van der Waals surface area contributed by atoms with Crippen LogP contribution >= 0.6 is 23.2 Å². The van der Waals surface area contributed by atoms with Gasteiger partial charge in [0, 0.05) is 18.7 Å². The number of benzene rings is 2. The fourth-order valence-electron chi connectivity index (χ4n) is 3.41. The van der Waals surface area contributed by atoms with Crippen molar-refractivity contribution in [2.24, 2.45) is 0 Å². The SMILES string of the molecule is COc1ccc(OC)c(N(CC(=O)N(Cc2ccc(Cl)c(Cl)c2)[C@H](C)C(=O)NC(C)C)S(C)(=O)=O)c1. The van der Waals surface area contributed by atoms with Crippen molar-refractivity contribution in [1.29, 1.82) is 0 Å². The van der Waals surface area contributed by atoms with Gasteiger partial charge in [-0.15, -0.1) is 0 Å². The Bertz CT molecular complexity index is 1210. The number of methoxy groups -OCH3 is 2. The molecule has 0 aliphatic carbocycles. The average Bonchev–Trinajstić information content (AvgIpc) is 2.80. The Balaban J connectivity index is 2.50. The first-order chi connectivity index (χ1) is 16.8. The first kappa shape index (κ1) is 29.5. The molecule has 9 nitrogen and oxygen atoms in total. The van der Waals surface area contributed by atoms with E-state index in [0.29, 0.717) is 21.4 Å². The van der Waals surface area contributed by atoms with Crippen molar-refractivity contribution in [2.45, 2.75) is 39.4 Å². The number of nitrogens with one attached hydrogen (secondary N) is 1. The van der Waals surface area contributed by atoms with Gasteiger partial charge >= 0.3 is 0 Å². The number of sulfonamides is 1. The number of amides is 2. The Morgan fingerprint density at radius 1 is 1.00 bits per heavy atom. The first-order valence-corrected chi connectivity index (χ1v) is 13.6. The molecule has 198 valence electrons. The molecule has 0 spiro atoms. The monoisotopic (exact) mass is 559 g/mol. The quantitative estimate of drug-likeness (QED) is 0.449. The van der Waals surface area contributed by atoms with Crippen molar-refractivity contribution in [2.75, 3.05) is 31.3 Å². The number of ether oxygens (including phenoxy) is 2. The largest absolute Gasteiger partial charge is 0.497 e. The summed E-state index contributed by atoms with van der Waals surface area (Å²) in [6.45, 7) is 4.59. The first-order valence-electron chi connectivity index (χ1n) is 11.0. The van der Waals surface area contributed by atoms with Crippen LogP contribution in [0.2, 0.25) is 10.0 Å². The Kier molecular flexibility index (Phi) is 10.3. The summed E-state index contributed by atoms with van der Waals surface area (Å²) in [4.78, 5) is 27.7. The van der Waals surface area contributed by atoms with Gasteiger partial charge in [0.15, 0.2) is 0 Å². The van der Waals surface area contributed by atoms with E-state index in [0.717, 1.165) is 10.6 Å². The molecule has 0 unspecified atom stereocenters. The van der Waals surface area contributed by atoms with Gasteiger partial charge in [0.2, 0.25) is 21.8 Å². The van der Waals surface area contributed by atoms with Gasteiger partial charge in [-0.25, -0.2) is 8.42 Å². The van der Waals surface area contributed by atoms with E-state index in [1.54, 1.807) is 51.1 Å². The summed E-state index contributed by atoms with van der Waals surface area (Å²) >= 11 is 12.2. The highest BCUT2D eigenvalue weighted by Crippen LogP contribution is 2.34. The highest BCUT2D eigenvalue weighted by Gasteiger charge is 2.31. The molecule has 2 aromatic carbocycles. The van der Waals surface area contributed by atoms with E-state index in [9.17, 15) is 18.0 Å². The summed E-state index contributed by atoms with van der Waals surface area (Å²) in [5.74, 6) is -0.383. The van der Waals surface area contributed by atoms with Crippen LogP contribution in [-0.4, -0.2) is 64.2 Å². The molecular formula is C24H31Cl2N3O6S. The molecule has 0 saturated heterocycles. The van der Waals surface area contributed by atoms with Gasteiger partial charge in [0.1, 0.15) is 24.1 Å². The van der Waals surface area contributed by atoms with Crippen LogP contribution in [0.25, 0.3) is 0 Å². The van der Waals surface area contributed by atoms with Crippen molar-refractivity contribution in [3.05, 3.63) is 52.0 Å². The van der Waals surface area contributed by atoms with Crippen LogP contribution in [0.4, 0.5) is 5.69 Å². The van der Waals surface area contributed by atoms with Crippen molar-refractivity contribution < 1.29 is 27.5 Å². The third-order valence-corrected chi connectivity index (χ3v) is 7.13. The molecule has 0 fully saturated rings. The zero-order valence-electron chi connectivity index (χ0n) is 21.0. The van der Waals surface area contributed by atoms with Gasteiger partial charge in [-0.1, -0.05) is 29.3 Å². The van der Waals surface area contributed by atoms with Crippen LogP contribution in [0.5, 0.6) is 11.5 Å². The molecule has 0 aliphatic heterocycles. The molecule has 36 heavy (non-hydrogen) atoms. The molecule has 1 atom stereocenters. The molecule has 0 saturated carbocycles. The zero-order chi connectivity index (χ0) is 27.2. The second-order valence-corrected chi connectivity index (χ2v) is 11.1. The minimum absolute atomic E-state index is 0.00471. The third-order valence-electron chi connectivity index (χ3n) is 5.27. The summed E-state index contributed by atoms with van der Waals surface area (Å²) < 4.78 is 37.1. The van der Waals surface area contributed by atoms with Crippen LogP contribution in [0, 0.1) is 0 Å². The molecule has 0 radical (unpaired) electrons. The van der Waals surface area contributed by atoms with Crippen molar-refractivity contribution in [3.63, 3.8) is 0 Å². The smallest absolute Gasteiger partial charge is 0.244 e. The minimum atomic E-state index is -3.94. The Morgan fingerprint density at radius 2 is 1.67 bits per heavy atom. The van der Waals surface area contributed by atoms with E-state index in [4.69, 9.17) is 32.7 Å². The number of hydrogen-bond donors (Lipinski definition) is 1. The van der Waals surface area contributed by atoms with Gasteiger partial charge < -0.3 is 19.7 Å². The van der Waals surface area contributed by atoms with Gasteiger partial charge in [-0.05, 0) is 50.6 Å². The fourth-order valence-corrected chi connectivity index (χ4v) is 4.57. The molecule has 0 aromatic heterocycles. The molecular weight excluding hydrogens is 529 g/mol. The normalized spacial score (nSPS) is 12.1. The predicted octanol–water partition coefficient (Wildman–Crippen LogP) is 3.72. The maximum Gasteiger partial charge on any atom is 0.244 e. The third kappa shape index (κ3) is 7.65. The molecule has 1 N–H and O–H groups in total. The van der Waals surface area contributed by atoms with E-state index < -0.39 is 28.5 Å². The summed E-state index contributed by atoms with van der Waals surface area (Å²) in [5.41, 5.74) is 0.744. The van der Waals surface area contributed by atoms with E-state index in [1.807, 2.05) is 0 Å². The number of rotatable bonds is 11. The molecule has 12 heteroatoms. The number of halogens is 2. The molecule has 2 amide bonds. The van der Waals surface area contributed by atoms with Gasteiger partial charge in [-0.3, -0.25) is 13.9 Å². The Morgan fingerprint density at radius 3 is 2.19 bits per heavy atom. The van der Waals surface area contributed by atoms with E-state index in [-0.39, 0.29) is 29.9 Å². The average molecular weight is 561 g/mol. The zero-order valence-corrected chi connectivity index (χ0v) is 23.4. The summed E-state index contributed by atoms with van der Waals surface area (Å²) in [5, 5.41) is 3.42. The second-order valence-electron chi connectivity index (χ2n) is 8.42. The van der Waals surface area contributed by atoms with Gasteiger partial charge in [0.25, 0.3) is 0 Å². The summed E-state index contributed by atoms with van der Waals surface area (Å²) in [6, 6.07) is 8.41. The molecule has 0 aliphatic rings. The number of anilines is 1. The van der Waals surface area contributed by atoms with Crippen molar-refractivity contribution >= 4 is 50.7 Å². The number of nitrogens with zero attached hydrogens (tertiary/aromatic N) is 2. The highest BCUT2D eigenvalue weighted by atomic mass is 35.5. The topological polar surface area (TPSA) is 105 Å². The van der Waals surface area contributed by atoms with E-state index >= 15 is 0 Å². The standard InChI is InChI=1S/C24H31Cl2N3O6S/c1-15(2)27-24(31)16(3)28(13-17-7-9-19(25)20(26)11-17)23(30)14-29(36(6,32)33)21-12-18(34-4)8-10-22(21)35-5/h7-12,15-16H,13-14H2,1-6H3,(H,27,31)/t16-/m1/s1. The lowest BCUT2D eigenvalue weighted by molar-refractivity contribution is -0.139. The van der Waals surface area contributed by atoms with Crippen LogP contribution in [0.3, 0.4) is 0 Å². The van der Waals surface area contributed by atoms with Crippen LogP contribution < -0.4 is 19.1 Å². The molecule has 2 aromatic rings.